The molecule has 0 saturated carbocycles. The second-order valence-corrected chi connectivity index (χ2v) is 1.85. The molecular formula is C7H12FNO2. The third-order valence-corrected chi connectivity index (χ3v) is 0.961. The summed E-state index contributed by atoms with van der Waals surface area (Å²) in [4.78, 5) is 10.5. The van der Waals surface area contributed by atoms with Crippen molar-refractivity contribution in [2.75, 3.05) is 13.2 Å². The lowest BCUT2D eigenvalue weighted by atomic mass is 10.3. The lowest BCUT2D eigenvalue weighted by Gasteiger charge is -1.96. The van der Waals surface area contributed by atoms with E-state index in [1.165, 1.54) is 0 Å². The van der Waals surface area contributed by atoms with E-state index >= 15 is 0 Å². The summed E-state index contributed by atoms with van der Waals surface area (Å²) in [5.74, 6) is -1.78. The van der Waals surface area contributed by atoms with Gasteiger partial charge in [-0.15, -0.1) is 0 Å². The monoisotopic (exact) mass is 161 g/mol. The maximum Gasteiger partial charge on any atom is 0.366 e. The zero-order valence-electron chi connectivity index (χ0n) is 6.47. The fourth-order valence-electron chi connectivity index (χ4n) is 0.493. The number of esters is 1. The Morgan fingerprint density at radius 2 is 2.36 bits per heavy atom. The van der Waals surface area contributed by atoms with Crippen molar-refractivity contribution in [2.24, 2.45) is 5.73 Å². The Bertz CT molecular complexity index is 157. The zero-order valence-corrected chi connectivity index (χ0v) is 6.47. The Labute approximate surface area is 65.0 Å². The highest BCUT2D eigenvalue weighted by atomic mass is 19.1. The van der Waals surface area contributed by atoms with Crippen LogP contribution in [0.3, 0.4) is 0 Å². The van der Waals surface area contributed by atoms with Gasteiger partial charge in [0.05, 0.1) is 6.61 Å². The molecule has 64 valence electrons. The molecule has 0 aliphatic heterocycles. The topological polar surface area (TPSA) is 52.3 Å². The first-order valence-corrected chi connectivity index (χ1v) is 3.45. The van der Waals surface area contributed by atoms with Crippen molar-refractivity contribution in [3.8, 4) is 0 Å². The summed E-state index contributed by atoms with van der Waals surface area (Å²) in [6, 6.07) is 0. The molecule has 0 aliphatic carbocycles. The Balaban J connectivity index is 3.80. The van der Waals surface area contributed by atoms with Crippen LogP contribution < -0.4 is 5.73 Å². The summed E-state index contributed by atoms with van der Waals surface area (Å²) >= 11 is 0. The number of nitrogens with two attached hydrogens (primary N) is 1. The van der Waals surface area contributed by atoms with Gasteiger partial charge in [-0.3, -0.25) is 0 Å². The van der Waals surface area contributed by atoms with Crippen molar-refractivity contribution in [2.45, 2.75) is 13.3 Å². The number of hydrogen-bond donors (Lipinski definition) is 1. The maximum absolute atomic E-state index is 12.5. The van der Waals surface area contributed by atoms with Crippen LogP contribution in [-0.2, 0) is 9.53 Å². The van der Waals surface area contributed by atoms with Crippen LogP contribution in [0.1, 0.15) is 13.3 Å². The molecule has 0 unspecified atom stereocenters. The van der Waals surface area contributed by atoms with Crippen LogP contribution in [0.4, 0.5) is 4.39 Å². The quantitative estimate of drug-likeness (QED) is 0.489. The first-order valence-electron chi connectivity index (χ1n) is 3.45. The van der Waals surface area contributed by atoms with E-state index in [0.29, 0.717) is 13.0 Å². The van der Waals surface area contributed by atoms with Gasteiger partial charge in [-0.1, -0.05) is 0 Å². The molecule has 0 heterocycles. The van der Waals surface area contributed by atoms with E-state index in [-0.39, 0.29) is 6.61 Å². The number of ether oxygens (including phenoxy) is 1. The van der Waals surface area contributed by atoms with Crippen LogP contribution in [0.2, 0.25) is 0 Å². The fourth-order valence-corrected chi connectivity index (χ4v) is 0.493. The molecule has 0 radical (unpaired) electrons. The van der Waals surface area contributed by atoms with Crippen LogP contribution in [0.15, 0.2) is 11.9 Å². The van der Waals surface area contributed by atoms with Gasteiger partial charge in [0.25, 0.3) is 0 Å². The minimum absolute atomic E-state index is 0.183. The maximum atomic E-state index is 12.5. The highest BCUT2D eigenvalue weighted by Gasteiger charge is 2.07. The van der Waals surface area contributed by atoms with E-state index in [1.807, 2.05) is 0 Å². The van der Waals surface area contributed by atoms with Gasteiger partial charge < -0.3 is 10.5 Å². The van der Waals surface area contributed by atoms with Gasteiger partial charge in [0.1, 0.15) is 0 Å². The van der Waals surface area contributed by atoms with Crippen molar-refractivity contribution in [1.82, 2.24) is 0 Å². The Hall–Kier alpha value is -0.900. The minimum atomic E-state index is -0.916. The lowest BCUT2D eigenvalue weighted by Crippen LogP contribution is -2.05. The van der Waals surface area contributed by atoms with E-state index in [1.54, 1.807) is 6.92 Å². The van der Waals surface area contributed by atoms with Crippen molar-refractivity contribution in [3.05, 3.63) is 11.9 Å². The average Bonchev–Trinajstić information content (AvgIpc) is 2.00. The predicted molar refractivity (Wildman–Crippen MR) is 39.5 cm³/mol. The standard InChI is InChI=1S/C7H12FNO2/c1-2-11-7(10)6(8)4-3-5-9/h4H,2-3,5,9H2,1H3/b6-4+. The molecule has 0 aromatic rings. The zero-order chi connectivity index (χ0) is 8.69. The minimum Gasteiger partial charge on any atom is -0.461 e. The Kier molecular flexibility index (Phi) is 5.37. The predicted octanol–water partition coefficient (Wildman–Crippen LogP) is 0.752. The SMILES string of the molecule is CCOC(=O)/C(F)=C\CCN. The summed E-state index contributed by atoms with van der Waals surface area (Å²) in [6.45, 7) is 2.13. The van der Waals surface area contributed by atoms with Crippen molar-refractivity contribution >= 4 is 5.97 Å². The van der Waals surface area contributed by atoms with Crippen molar-refractivity contribution in [3.63, 3.8) is 0 Å². The Morgan fingerprint density at radius 3 is 2.82 bits per heavy atom. The first kappa shape index (κ1) is 10.1. The van der Waals surface area contributed by atoms with Crippen LogP contribution >= 0.6 is 0 Å². The molecule has 0 saturated heterocycles. The molecular weight excluding hydrogens is 149 g/mol. The molecule has 0 amide bonds. The van der Waals surface area contributed by atoms with Crippen LogP contribution in [-0.4, -0.2) is 19.1 Å². The van der Waals surface area contributed by atoms with E-state index in [0.717, 1.165) is 6.08 Å². The third-order valence-electron chi connectivity index (χ3n) is 0.961. The summed E-state index contributed by atoms with van der Waals surface area (Å²) < 4.78 is 16.9. The number of hydrogen-bond acceptors (Lipinski definition) is 3. The van der Waals surface area contributed by atoms with Gasteiger partial charge >= 0.3 is 5.97 Å². The molecule has 0 aromatic carbocycles. The van der Waals surface area contributed by atoms with Gasteiger partial charge in [-0.25, -0.2) is 4.79 Å². The van der Waals surface area contributed by atoms with E-state index in [4.69, 9.17) is 5.73 Å². The molecule has 2 N–H and O–H groups in total. The second-order valence-electron chi connectivity index (χ2n) is 1.85. The summed E-state index contributed by atoms with van der Waals surface area (Å²) in [5, 5.41) is 0. The smallest absolute Gasteiger partial charge is 0.366 e. The van der Waals surface area contributed by atoms with E-state index in [2.05, 4.69) is 4.74 Å². The summed E-state index contributed by atoms with van der Waals surface area (Å²) in [5.41, 5.74) is 5.09. The van der Waals surface area contributed by atoms with E-state index in [9.17, 15) is 9.18 Å². The molecule has 11 heavy (non-hydrogen) atoms. The number of halogens is 1. The Morgan fingerprint density at radius 1 is 1.73 bits per heavy atom. The van der Waals surface area contributed by atoms with Crippen LogP contribution in [0.25, 0.3) is 0 Å². The first-order chi connectivity index (χ1) is 5.22. The van der Waals surface area contributed by atoms with Crippen molar-refractivity contribution < 1.29 is 13.9 Å². The van der Waals surface area contributed by atoms with E-state index < -0.39 is 11.8 Å². The summed E-state index contributed by atoms with van der Waals surface area (Å²) in [7, 11) is 0. The van der Waals surface area contributed by atoms with Crippen molar-refractivity contribution in [1.29, 1.82) is 0 Å². The highest BCUT2D eigenvalue weighted by molar-refractivity contribution is 5.85. The molecule has 0 bridgehead atoms. The largest absolute Gasteiger partial charge is 0.461 e. The van der Waals surface area contributed by atoms with Gasteiger partial charge in [0, 0.05) is 0 Å². The van der Waals surface area contributed by atoms with Crippen LogP contribution in [0.5, 0.6) is 0 Å². The fraction of sp³-hybridized carbons (Fsp3) is 0.571. The molecule has 3 nitrogen and oxygen atoms in total. The molecule has 0 fully saturated rings. The molecule has 0 rings (SSSR count). The molecule has 0 atom stereocenters. The number of carbonyl (C=O) groups excluding carboxylic acids is 1. The number of rotatable bonds is 4. The van der Waals surface area contributed by atoms with Gasteiger partial charge in [-0.2, -0.15) is 4.39 Å². The summed E-state index contributed by atoms with van der Waals surface area (Å²) in [6.07, 6.45) is 1.47. The molecule has 0 aromatic heterocycles. The molecule has 0 aliphatic rings. The number of carbonyl (C=O) groups is 1. The highest BCUT2D eigenvalue weighted by Crippen LogP contribution is 2.00. The lowest BCUT2D eigenvalue weighted by molar-refractivity contribution is -0.140. The average molecular weight is 161 g/mol. The molecule has 0 spiro atoms. The van der Waals surface area contributed by atoms with Gasteiger partial charge in [0.15, 0.2) is 0 Å². The van der Waals surface area contributed by atoms with Gasteiger partial charge in [0.2, 0.25) is 5.83 Å². The van der Waals surface area contributed by atoms with Gasteiger partial charge in [-0.05, 0) is 26.0 Å². The molecule has 4 heteroatoms. The normalized spacial score (nSPS) is 11.4. The third kappa shape index (κ3) is 4.50. The van der Waals surface area contributed by atoms with Crippen LogP contribution in [0, 0.1) is 0 Å². The second kappa shape index (κ2) is 5.85.